The molecule has 1 aromatic rings. The summed E-state index contributed by atoms with van der Waals surface area (Å²) >= 11 is 6.00. The van der Waals surface area contributed by atoms with Gasteiger partial charge in [0.25, 0.3) is 0 Å². The van der Waals surface area contributed by atoms with E-state index in [1.807, 2.05) is 24.1 Å². The Balaban J connectivity index is 3.00. The number of anilines is 1. The zero-order valence-corrected chi connectivity index (χ0v) is 9.71. The van der Waals surface area contributed by atoms with Gasteiger partial charge in [0.2, 0.25) is 0 Å². The third-order valence-electron chi connectivity index (χ3n) is 2.18. The van der Waals surface area contributed by atoms with Crippen molar-refractivity contribution in [2.75, 3.05) is 18.5 Å². The summed E-state index contributed by atoms with van der Waals surface area (Å²) in [6.45, 7) is 5.92. The molecule has 15 heavy (non-hydrogen) atoms. The van der Waals surface area contributed by atoms with Crippen LogP contribution in [-0.2, 0) is 0 Å². The van der Waals surface area contributed by atoms with E-state index in [4.69, 9.17) is 11.6 Å². The van der Waals surface area contributed by atoms with Gasteiger partial charge in [-0.05, 0) is 25.1 Å². The van der Waals surface area contributed by atoms with Crippen molar-refractivity contribution < 1.29 is 4.79 Å². The molecule has 0 aromatic heterocycles. The second-order valence-corrected chi connectivity index (χ2v) is 3.80. The maximum absolute atomic E-state index is 11.2. The molecule has 0 saturated carbocycles. The van der Waals surface area contributed by atoms with Crippen LogP contribution in [0.25, 0.3) is 0 Å². The van der Waals surface area contributed by atoms with Gasteiger partial charge in [0, 0.05) is 24.8 Å². The Morgan fingerprint density at radius 1 is 1.60 bits per heavy atom. The lowest BCUT2D eigenvalue weighted by molar-refractivity contribution is 0.101. The Morgan fingerprint density at radius 2 is 2.27 bits per heavy atom. The summed E-state index contributed by atoms with van der Waals surface area (Å²) in [7, 11) is 1.95. The van der Waals surface area contributed by atoms with E-state index in [2.05, 4.69) is 6.58 Å². The van der Waals surface area contributed by atoms with Crippen molar-refractivity contribution in [3.05, 3.63) is 41.4 Å². The molecular formula is C12H14ClNO. The Kier molecular flexibility index (Phi) is 3.92. The average Bonchev–Trinajstić information content (AvgIpc) is 2.17. The van der Waals surface area contributed by atoms with Gasteiger partial charge in [-0.15, -0.1) is 6.58 Å². The molecule has 0 bridgehead atoms. The lowest BCUT2D eigenvalue weighted by Gasteiger charge is -2.17. The first-order valence-electron chi connectivity index (χ1n) is 4.68. The van der Waals surface area contributed by atoms with Crippen molar-refractivity contribution >= 4 is 23.1 Å². The van der Waals surface area contributed by atoms with E-state index in [0.29, 0.717) is 10.6 Å². The van der Waals surface area contributed by atoms with Crippen LogP contribution in [0.4, 0.5) is 5.69 Å². The molecule has 0 amide bonds. The maximum Gasteiger partial charge on any atom is 0.161 e. The second-order valence-electron chi connectivity index (χ2n) is 3.39. The van der Waals surface area contributed by atoms with Crippen molar-refractivity contribution in [2.24, 2.45) is 0 Å². The summed E-state index contributed by atoms with van der Waals surface area (Å²) in [5.74, 6) is -0.0158. The van der Waals surface area contributed by atoms with E-state index in [0.717, 1.165) is 12.2 Å². The third-order valence-corrected chi connectivity index (χ3v) is 2.49. The van der Waals surface area contributed by atoms with Gasteiger partial charge in [0.15, 0.2) is 5.78 Å². The van der Waals surface area contributed by atoms with Crippen molar-refractivity contribution in [1.29, 1.82) is 0 Å². The molecule has 0 spiro atoms. The highest BCUT2D eigenvalue weighted by Crippen LogP contribution is 2.23. The number of carbonyl (C=O) groups excluding carboxylic acids is 1. The first kappa shape index (κ1) is 11.8. The largest absolute Gasteiger partial charge is 0.371 e. The molecule has 0 radical (unpaired) electrons. The number of ketones is 1. The monoisotopic (exact) mass is 223 g/mol. The Labute approximate surface area is 95.2 Å². The predicted molar refractivity (Wildman–Crippen MR) is 64.9 cm³/mol. The molecule has 3 heteroatoms. The highest BCUT2D eigenvalue weighted by Gasteiger charge is 2.07. The highest BCUT2D eigenvalue weighted by atomic mass is 35.5. The summed E-state index contributed by atoms with van der Waals surface area (Å²) in [5, 5.41) is 0.496. The van der Waals surface area contributed by atoms with Crippen molar-refractivity contribution in [2.45, 2.75) is 6.92 Å². The predicted octanol–water partition coefficient (Wildman–Crippen LogP) is 3.16. The van der Waals surface area contributed by atoms with Gasteiger partial charge < -0.3 is 4.90 Å². The van der Waals surface area contributed by atoms with Crippen molar-refractivity contribution in [3.8, 4) is 0 Å². The van der Waals surface area contributed by atoms with E-state index in [1.165, 1.54) is 6.92 Å². The van der Waals surface area contributed by atoms with Crippen LogP contribution in [0.15, 0.2) is 30.9 Å². The molecule has 0 unspecified atom stereocenters. The van der Waals surface area contributed by atoms with E-state index in [1.54, 1.807) is 12.1 Å². The van der Waals surface area contributed by atoms with Crippen LogP contribution < -0.4 is 4.90 Å². The minimum Gasteiger partial charge on any atom is -0.371 e. The minimum atomic E-state index is -0.0158. The molecule has 0 heterocycles. The molecule has 80 valence electrons. The second kappa shape index (κ2) is 4.99. The molecule has 1 aromatic carbocycles. The SMILES string of the molecule is C=CCN(C)c1ccc(C(C)=O)c(Cl)c1. The van der Waals surface area contributed by atoms with E-state index in [-0.39, 0.29) is 5.78 Å². The maximum atomic E-state index is 11.2. The summed E-state index contributed by atoms with van der Waals surface area (Å²) in [6, 6.07) is 5.42. The normalized spacial score (nSPS) is 9.80. The minimum absolute atomic E-state index is 0.0158. The summed E-state index contributed by atoms with van der Waals surface area (Å²) in [5.41, 5.74) is 1.54. The molecule has 0 N–H and O–H groups in total. The van der Waals surface area contributed by atoms with E-state index in [9.17, 15) is 4.79 Å². The first-order chi connectivity index (χ1) is 7.06. The van der Waals surface area contributed by atoms with E-state index < -0.39 is 0 Å². The zero-order chi connectivity index (χ0) is 11.4. The van der Waals surface area contributed by atoms with Crippen LogP contribution in [0, 0.1) is 0 Å². The summed E-state index contributed by atoms with van der Waals surface area (Å²) < 4.78 is 0. The number of likely N-dealkylation sites (N-methyl/N-ethyl adjacent to an activating group) is 1. The molecular weight excluding hydrogens is 210 g/mol. The number of carbonyl (C=O) groups is 1. The quantitative estimate of drug-likeness (QED) is 0.577. The van der Waals surface area contributed by atoms with Crippen LogP contribution >= 0.6 is 11.6 Å². The van der Waals surface area contributed by atoms with E-state index >= 15 is 0 Å². The molecule has 1 rings (SSSR count). The molecule has 0 saturated heterocycles. The first-order valence-corrected chi connectivity index (χ1v) is 5.06. The Morgan fingerprint density at radius 3 is 2.73 bits per heavy atom. The smallest absolute Gasteiger partial charge is 0.161 e. The number of hydrogen-bond acceptors (Lipinski definition) is 2. The van der Waals surface area contributed by atoms with Crippen LogP contribution in [0.2, 0.25) is 5.02 Å². The van der Waals surface area contributed by atoms with Gasteiger partial charge in [-0.25, -0.2) is 0 Å². The van der Waals surface area contributed by atoms with Crippen LogP contribution in [-0.4, -0.2) is 19.4 Å². The number of nitrogens with zero attached hydrogens (tertiary/aromatic N) is 1. The fourth-order valence-electron chi connectivity index (χ4n) is 1.33. The lowest BCUT2D eigenvalue weighted by atomic mass is 10.1. The van der Waals surface area contributed by atoms with Gasteiger partial charge in [-0.2, -0.15) is 0 Å². The van der Waals surface area contributed by atoms with Gasteiger partial charge in [-0.3, -0.25) is 4.79 Å². The Hall–Kier alpha value is -1.28. The number of benzene rings is 1. The fourth-order valence-corrected chi connectivity index (χ4v) is 1.63. The molecule has 0 aliphatic heterocycles. The van der Waals surface area contributed by atoms with Gasteiger partial charge in [-0.1, -0.05) is 17.7 Å². The highest BCUT2D eigenvalue weighted by molar-refractivity contribution is 6.34. The zero-order valence-electron chi connectivity index (χ0n) is 8.96. The lowest BCUT2D eigenvalue weighted by Crippen LogP contribution is -2.16. The number of Topliss-reactive ketones (excluding diaryl/α,β-unsaturated/α-hetero) is 1. The number of rotatable bonds is 4. The van der Waals surface area contributed by atoms with Crippen LogP contribution in [0.5, 0.6) is 0 Å². The standard InChI is InChI=1S/C12H14ClNO/c1-4-7-14(3)10-5-6-11(9(2)15)12(13)8-10/h4-6,8H,1,7H2,2-3H3. The molecule has 0 aliphatic carbocycles. The van der Waals surface area contributed by atoms with Gasteiger partial charge in [0.05, 0.1) is 5.02 Å². The molecule has 0 atom stereocenters. The Bertz CT molecular complexity index is 387. The number of hydrogen-bond donors (Lipinski definition) is 0. The van der Waals surface area contributed by atoms with Gasteiger partial charge in [0.1, 0.15) is 0 Å². The topological polar surface area (TPSA) is 20.3 Å². The fraction of sp³-hybridized carbons (Fsp3) is 0.250. The summed E-state index contributed by atoms with van der Waals surface area (Å²) in [4.78, 5) is 13.2. The van der Waals surface area contributed by atoms with Crippen molar-refractivity contribution in [1.82, 2.24) is 0 Å². The average molecular weight is 224 g/mol. The number of halogens is 1. The van der Waals surface area contributed by atoms with Gasteiger partial charge >= 0.3 is 0 Å². The molecule has 0 fully saturated rings. The third kappa shape index (κ3) is 2.83. The molecule has 0 aliphatic rings. The van der Waals surface area contributed by atoms with Crippen LogP contribution in [0.3, 0.4) is 0 Å². The van der Waals surface area contributed by atoms with Crippen molar-refractivity contribution in [3.63, 3.8) is 0 Å². The van der Waals surface area contributed by atoms with Crippen LogP contribution in [0.1, 0.15) is 17.3 Å². The molecule has 2 nitrogen and oxygen atoms in total. The summed E-state index contributed by atoms with van der Waals surface area (Å²) in [6.07, 6.45) is 1.81.